The van der Waals surface area contributed by atoms with Crippen LogP contribution >= 0.6 is 12.2 Å². The van der Waals surface area contributed by atoms with Gasteiger partial charge in [-0.15, -0.1) is 0 Å². The molecule has 0 amide bonds. The molecule has 5 rings (SSSR count). The number of furan rings is 1. The van der Waals surface area contributed by atoms with Crippen molar-refractivity contribution in [2.24, 2.45) is 0 Å². The molecular weight excluding hydrogens is 404 g/mol. The van der Waals surface area contributed by atoms with Crippen molar-refractivity contribution >= 4 is 23.0 Å². The highest BCUT2D eigenvalue weighted by atomic mass is 32.1. The van der Waals surface area contributed by atoms with Gasteiger partial charge in [0.25, 0.3) is 0 Å². The van der Waals surface area contributed by atoms with Crippen molar-refractivity contribution in [1.82, 2.24) is 14.9 Å². The average Bonchev–Trinajstić information content (AvgIpc) is 3.48. The monoisotopic (exact) mass is 428 g/mol. The number of rotatable bonds is 5. The summed E-state index contributed by atoms with van der Waals surface area (Å²) in [7, 11) is 0. The maximum absolute atomic E-state index is 5.86. The second kappa shape index (κ2) is 8.04. The molecule has 1 aromatic carbocycles. The van der Waals surface area contributed by atoms with Crippen LogP contribution in [0, 0.1) is 13.8 Å². The minimum Gasteiger partial charge on any atom is -0.467 e. The van der Waals surface area contributed by atoms with Crippen molar-refractivity contribution in [2.75, 3.05) is 4.90 Å². The Hall–Kier alpha value is -3.38. The van der Waals surface area contributed by atoms with E-state index < -0.39 is 0 Å². The van der Waals surface area contributed by atoms with Crippen LogP contribution in [0.2, 0.25) is 0 Å². The Balaban J connectivity index is 1.63. The van der Waals surface area contributed by atoms with Gasteiger partial charge in [-0.3, -0.25) is 4.98 Å². The Morgan fingerprint density at radius 2 is 1.87 bits per heavy atom. The van der Waals surface area contributed by atoms with Crippen LogP contribution in [0.25, 0.3) is 0 Å². The van der Waals surface area contributed by atoms with Gasteiger partial charge < -0.3 is 19.2 Å². The van der Waals surface area contributed by atoms with E-state index in [0.717, 1.165) is 22.8 Å². The van der Waals surface area contributed by atoms with Crippen molar-refractivity contribution in [1.29, 1.82) is 0 Å². The van der Waals surface area contributed by atoms with Crippen LogP contribution in [0.1, 0.15) is 40.4 Å². The van der Waals surface area contributed by atoms with Crippen molar-refractivity contribution in [3.8, 4) is 0 Å². The lowest BCUT2D eigenvalue weighted by atomic mass is 10.00. The molecule has 3 aromatic heterocycles. The molecule has 0 radical (unpaired) electrons. The summed E-state index contributed by atoms with van der Waals surface area (Å²) in [5.41, 5.74) is 5.63. The van der Waals surface area contributed by atoms with Gasteiger partial charge in [-0.2, -0.15) is 0 Å². The molecule has 4 aromatic rings. The van der Waals surface area contributed by atoms with E-state index >= 15 is 0 Å². The summed E-state index contributed by atoms with van der Waals surface area (Å²) in [6, 6.07) is 20.6. The number of thiocarbonyl (C=S) groups is 1. The second-order valence-corrected chi connectivity index (χ2v) is 8.37. The van der Waals surface area contributed by atoms with Crippen molar-refractivity contribution in [3.05, 3.63) is 108 Å². The van der Waals surface area contributed by atoms with Crippen LogP contribution in [0.5, 0.6) is 0 Å². The molecule has 31 heavy (non-hydrogen) atoms. The number of hydrogen-bond donors (Lipinski definition) is 1. The first-order valence-electron chi connectivity index (χ1n) is 10.4. The van der Waals surface area contributed by atoms with E-state index in [4.69, 9.17) is 16.6 Å². The van der Waals surface area contributed by atoms with E-state index in [-0.39, 0.29) is 12.1 Å². The molecule has 5 nitrogen and oxygen atoms in total. The molecule has 6 heteroatoms. The van der Waals surface area contributed by atoms with Crippen molar-refractivity contribution in [2.45, 2.75) is 32.5 Å². The summed E-state index contributed by atoms with van der Waals surface area (Å²) in [6.07, 6.45) is 5.64. The normalized spacial score (nSPS) is 18.4. The third-order valence-corrected chi connectivity index (χ3v) is 5.97. The second-order valence-electron chi connectivity index (χ2n) is 7.98. The van der Waals surface area contributed by atoms with Gasteiger partial charge in [-0.25, -0.2) is 0 Å². The predicted molar refractivity (Wildman–Crippen MR) is 126 cm³/mol. The number of pyridine rings is 1. The molecule has 1 N–H and O–H groups in total. The fraction of sp³-hybridized carbons (Fsp3) is 0.200. The Morgan fingerprint density at radius 1 is 1.03 bits per heavy atom. The van der Waals surface area contributed by atoms with E-state index in [1.54, 1.807) is 6.26 Å². The van der Waals surface area contributed by atoms with Crippen LogP contribution < -0.4 is 10.2 Å². The Labute approximate surface area is 187 Å². The summed E-state index contributed by atoms with van der Waals surface area (Å²) in [6.45, 7) is 4.90. The standard InChI is InChI=1S/C25H24N4OS/c1-17-13-18(2)15-19(14-17)29-24(23(27-25(29)31)21-8-3-4-10-26-21)22-9-5-11-28(22)16-20-7-6-12-30-20/h3-15,23-24H,16H2,1-2H3,(H,27,31)/t23-,24-/m0/s1. The van der Waals surface area contributed by atoms with Gasteiger partial charge in [-0.05, 0) is 85.7 Å². The van der Waals surface area contributed by atoms with E-state index in [2.05, 4.69) is 76.2 Å². The molecule has 1 fully saturated rings. The molecule has 0 saturated carbocycles. The first-order valence-corrected chi connectivity index (χ1v) is 10.8. The molecule has 0 spiro atoms. The molecule has 0 aliphatic carbocycles. The highest BCUT2D eigenvalue weighted by Gasteiger charge is 2.42. The molecule has 2 atom stereocenters. The molecule has 0 unspecified atom stereocenters. The van der Waals surface area contributed by atoms with E-state index in [1.165, 1.54) is 11.1 Å². The lowest BCUT2D eigenvalue weighted by Gasteiger charge is -2.29. The lowest BCUT2D eigenvalue weighted by molar-refractivity contribution is 0.475. The first-order chi connectivity index (χ1) is 15.1. The highest BCUT2D eigenvalue weighted by molar-refractivity contribution is 7.80. The zero-order valence-corrected chi connectivity index (χ0v) is 18.3. The van der Waals surface area contributed by atoms with Gasteiger partial charge in [0.2, 0.25) is 0 Å². The number of anilines is 1. The summed E-state index contributed by atoms with van der Waals surface area (Å²) in [5.74, 6) is 0.915. The third-order valence-electron chi connectivity index (χ3n) is 5.66. The van der Waals surface area contributed by atoms with Gasteiger partial charge in [0, 0.05) is 23.8 Å². The maximum Gasteiger partial charge on any atom is 0.174 e. The minimum atomic E-state index is -0.0697. The average molecular weight is 429 g/mol. The minimum absolute atomic E-state index is 0.0476. The zero-order chi connectivity index (χ0) is 21.4. The molecule has 1 aliphatic rings. The molecule has 1 aliphatic heterocycles. The van der Waals surface area contributed by atoms with Crippen molar-refractivity contribution in [3.63, 3.8) is 0 Å². The van der Waals surface area contributed by atoms with Gasteiger partial charge in [-0.1, -0.05) is 12.1 Å². The van der Waals surface area contributed by atoms with Gasteiger partial charge in [0.05, 0.1) is 24.5 Å². The van der Waals surface area contributed by atoms with E-state index in [9.17, 15) is 0 Å². The van der Waals surface area contributed by atoms with Crippen LogP contribution in [0.3, 0.4) is 0 Å². The van der Waals surface area contributed by atoms with Crippen LogP contribution in [-0.2, 0) is 6.54 Å². The van der Waals surface area contributed by atoms with Crippen LogP contribution in [-0.4, -0.2) is 14.7 Å². The number of nitrogens with zero attached hydrogens (tertiary/aromatic N) is 3. The fourth-order valence-electron chi connectivity index (χ4n) is 4.43. The largest absolute Gasteiger partial charge is 0.467 e. The fourth-order valence-corrected chi connectivity index (χ4v) is 4.78. The Kier molecular flexibility index (Phi) is 5.08. The molecule has 1 saturated heterocycles. The Morgan fingerprint density at radius 3 is 2.58 bits per heavy atom. The van der Waals surface area contributed by atoms with Gasteiger partial charge in [0.15, 0.2) is 5.11 Å². The number of aryl methyl sites for hydroxylation is 2. The van der Waals surface area contributed by atoms with Crippen LogP contribution in [0.4, 0.5) is 5.69 Å². The third kappa shape index (κ3) is 3.75. The van der Waals surface area contributed by atoms with E-state index in [1.807, 2.05) is 30.5 Å². The summed E-state index contributed by atoms with van der Waals surface area (Å²) in [5, 5.41) is 4.25. The topological polar surface area (TPSA) is 46.2 Å². The quantitative estimate of drug-likeness (QED) is 0.436. The van der Waals surface area contributed by atoms with Gasteiger partial charge in [0.1, 0.15) is 11.8 Å². The van der Waals surface area contributed by atoms with Gasteiger partial charge >= 0.3 is 0 Å². The van der Waals surface area contributed by atoms with Crippen LogP contribution in [0.15, 0.2) is 83.7 Å². The number of aromatic nitrogens is 2. The molecular formula is C25H24N4OS. The summed E-state index contributed by atoms with van der Waals surface area (Å²) < 4.78 is 7.84. The smallest absolute Gasteiger partial charge is 0.174 e. The lowest BCUT2D eigenvalue weighted by Crippen LogP contribution is -2.30. The first kappa shape index (κ1) is 19.6. The predicted octanol–water partition coefficient (Wildman–Crippen LogP) is 5.32. The summed E-state index contributed by atoms with van der Waals surface area (Å²) >= 11 is 5.86. The summed E-state index contributed by atoms with van der Waals surface area (Å²) in [4.78, 5) is 6.87. The highest BCUT2D eigenvalue weighted by Crippen LogP contribution is 2.42. The molecule has 4 heterocycles. The molecule has 156 valence electrons. The zero-order valence-electron chi connectivity index (χ0n) is 17.5. The maximum atomic E-state index is 5.86. The Bertz CT molecular complexity index is 1180. The van der Waals surface area contributed by atoms with E-state index in [0.29, 0.717) is 11.7 Å². The molecule has 0 bridgehead atoms. The number of hydrogen-bond acceptors (Lipinski definition) is 3. The van der Waals surface area contributed by atoms with Crippen molar-refractivity contribution < 1.29 is 4.42 Å². The SMILES string of the molecule is Cc1cc(C)cc(N2C(=S)N[C@@H](c3ccccn3)[C@@H]2c2cccn2Cc2ccco2)c1. The number of benzene rings is 1. The number of nitrogens with one attached hydrogen (secondary N) is 1.